The number of hydrogen-bond acceptors (Lipinski definition) is 6. The van der Waals surface area contributed by atoms with Crippen molar-refractivity contribution in [2.75, 3.05) is 38.3 Å². The van der Waals surface area contributed by atoms with Gasteiger partial charge in [0.2, 0.25) is 5.91 Å². The van der Waals surface area contributed by atoms with Crippen LogP contribution in [0.3, 0.4) is 0 Å². The van der Waals surface area contributed by atoms with Gasteiger partial charge in [0.05, 0.1) is 19.8 Å². The number of sulfonamides is 1. The molecule has 0 bridgehead atoms. The molecule has 0 spiro atoms. The molecule has 0 atom stereocenters. The molecule has 0 saturated carbocycles. The van der Waals surface area contributed by atoms with E-state index in [-0.39, 0.29) is 10.1 Å². The van der Waals surface area contributed by atoms with Gasteiger partial charge >= 0.3 is 0 Å². The summed E-state index contributed by atoms with van der Waals surface area (Å²) in [5, 5.41) is 2.68. The van der Waals surface area contributed by atoms with Gasteiger partial charge < -0.3 is 15.0 Å². The number of morpholine rings is 1. The van der Waals surface area contributed by atoms with E-state index >= 15 is 0 Å². The molecule has 0 aliphatic carbocycles. The minimum Gasteiger partial charge on any atom is -0.378 e. The van der Waals surface area contributed by atoms with E-state index in [9.17, 15) is 13.2 Å². The van der Waals surface area contributed by atoms with E-state index in [0.717, 1.165) is 42.4 Å². The highest BCUT2D eigenvalue weighted by Crippen LogP contribution is 2.26. The molecule has 9 heteroatoms. The van der Waals surface area contributed by atoms with Crippen molar-refractivity contribution >= 4 is 33.0 Å². The molecule has 2 aromatic rings. The van der Waals surface area contributed by atoms with E-state index in [1.54, 1.807) is 19.2 Å². The second-order valence-electron chi connectivity index (χ2n) is 6.66. The summed E-state index contributed by atoms with van der Waals surface area (Å²) in [6, 6.07) is 11.3. The van der Waals surface area contributed by atoms with Crippen molar-refractivity contribution in [3.63, 3.8) is 0 Å². The number of benzene rings is 1. The summed E-state index contributed by atoms with van der Waals surface area (Å²) in [6.07, 6.45) is 0. The number of nitrogens with one attached hydrogen (secondary N) is 1. The summed E-state index contributed by atoms with van der Waals surface area (Å²) < 4.78 is 32.7. The van der Waals surface area contributed by atoms with Crippen molar-refractivity contribution in [1.82, 2.24) is 9.62 Å². The average molecular weight is 424 g/mol. The standard InChI is InChI=1S/C19H25N3O4S2/c1-15(23)20-13-18-7-8-19(27-18)28(24,25)21(2)14-16-3-5-17(6-4-16)22-9-11-26-12-10-22/h3-8H,9-14H2,1-2H3,(H,20,23). The second kappa shape index (κ2) is 9.04. The molecule has 0 unspecified atom stereocenters. The Morgan fingerprint density at radius 2 is 1.86 bits per heavy atom. The highest BCUT2D eigenvalue weighted by molar-refractivity contribution is 7.91. The quantitative estimate of drug-likeness (QED) is 0.737. The lowest BCUT2D eigenvalue weighted by atomic mass is 10.2. The number of rotatable bonds is 7. The van der Waals surface area contributed by atoms with Gasteiger partial charge in [-0.05, 0) is 29.8 Å². The lowest BCUT2D eigenvalue weighted by molar-refractivity contribution is -0.119. The van der Waals surface area contributed by atoms with Crippen LogP contribution in [0.25, 0.3) is 0 Å². The zero-order valence-corrected chi connectivity index (χ0v) is 17.7. The van der Waals surface area contributed by atoms with Crippen LogP contribution in [-0.2, 0) is 32.6 Å². The first-order chi connectivity index (χ1) is 13.4. The molecule has 28 heavy (non-hydrogen) atoms. The van der Waals surface area contributed by atoms with E-state index in [2.05, 4.69) is 10.2 Å². The van der Waals surface area contributed by atoms with E-state index in [0.29, 0.717) is 13.1 Å². The van der Waals surface area contributed by atoms with Crippen molar-refractivity contribution in [1.29, 1.82) is 0 Å². The molecule has 1 aromatic heterocycles. The van der Waals surface area contributed by atoms with Gasteiger partial charge in [0, 0.05) is 44.2 Å². The number of nitrogens with zero attached hydrogens (tertiary/aromatic N) is 2. The third-order valence-corrected chi connectivity index (χ3v) is 7.89. The van der Waals surface area contributed by atoms with Crippen LogP contribution in [0, 0.1) is 0 Å². The number of thiophene rings is 1. The number of hydrogen-bond donors (Lipinski definition) is 1. The van der Waals surface area contributed by atoms with Crippen molar-refractivity contribution in [2.45, 2.75) is 24.2 Å². The van der Waals surface area contributed by atoms with E-state index in [4.69, 9.17) is 4.74 Å². The Labute approximate surface area is 170 Å². The van der Waals surface area contributed by atoms with Crippen LogP contribution in [-0.4, -0.2) is 52.0 Å². The first-order valence-corrected chi connectivity index (χ1v) is 11.3. The zero-order valence-electron chi connectivity index (χ0n) is 16.1. The number of carbonyl (C=O) groups is 1. The molecule has 1 aliphatic rings. The maximum Gasteiger partial charge on any atom is 0.252 e. The van der Waals surface area contributed by atoms with E-state index in [1.165, 1.54) is 22.6 Å². The molecule has 0 radical (unpaired) electrons. The molecule has 3 rings (SSSR count). The van der Waals surface area contributed by atoms with Crippen LogP contribution < -0.4 is 10.2 Å². The molecule has 2 heterocycles. The highest BCUT2D eigenvalue weighted by atomic mass is 32.2. The SMILES string of the molecule is CC(=O)NCc1ccc(S(=O)(=O)N(C)Cc2ccc(N3CCOCC3)cc2)s1. The molecule has 7 nitrogen and oxygen atoms in total. The number of amides is 1. The maximum atomic E-state index is 12.8. The second-order valence-corrected chi connectivity index (χ2v) is 10.1. The largest absolute Gasteiger partial charge is 0.378 e. The number of carbonyl (C=O) groups excluding carboxylic acids is 1. The Hall–Kier alpha value is -1.94. The molecular formula is C19H25N3O4S2. The summed E-state index contributed by atoms with van der Waals surface area (Å²) in [7, 11) is -1.99. The Morgan fingerprint density at radius 3 is 2.50 bits per heavy atom. The minimum absolute atomic E-state index is 0.143. The molecular weight excluding hydrogens is 398 g/mol. The third kappa shape index (κ3) is 5.11. The van der Waals surface area contributed by atoms with Crippen LogP contribution in [0.15, 0.2) is 40.6 Å². The first-order valence-electron chi connectivity index (χ1n) is 9.07. The molecule has 1 amide bonds. The maximum absolute atomic E-state index is 12.8. The van der Waals surface area contributed by atoms with E-state index < -0.39 is 10.0 Å². The van der Waals surface area contributed by atoms with Gasteiger partial charge in [-0.15, -0.1) is 11.3 Å². The Bertz CT molecular complexity index is 904. The fraction of sp³-hybridized carbons (Fsp3) is 0.421. The van der Waals surface area contributed by atoms with Crippen molar-refractivity contribution in [3.05, 3.63) is 46.8 Å². The topological polar surface area (TPSA) is 79.0 Å². The fourth-order valence-corrected chi connectivity index (χ4v) is 5.60. The predicted octanol–water partition coefficient (Wildman–Crippen LogP) is 2.04. The Kier molecular flexibility index (Phi) is 6.71. The van der Waals surface area contributed by atoms with Gasteiger partial charge in [0.15, 0.2) is 0 Å². The van der Waals surface area contributed by atoms with Crippen LogP contribution in [0.1, 0.15) is 17.4 Å². The van der Waals surface area contributed by atoms with Crippen molar-refractivity contribution in [2.24, 2.45) is 0 Å². The number of ether oxygens (including phenoxy) is 1. The van der Waals surface area contributed by atoms with Crippen LogP contribution in [0.2, 0.25) is 0 Å². The highest BCUT2D eigenvalue weighted by Gasteiger charge is 2.23. The molecule has 1 fully saturated rings. The monoisotopic (exact) mass is 423 g/mol. The Morgan fingerprint density at radius 1 is 1.18 bits per heavy atom. The minimum atomic E-state index is -3.57. The number of anilines is 1. The lowest BCUT2D eigenvalue weighted by Crippen LogP contribution is -2.36. The Balaban J connectivity index is 1.64. The van der Waals surface area contributed by atoms with Gasteiger partial charge in [-0.3, -0.25) is 4.79 Å². The molecule has 152 valence electrons. The van der Waals surface area contributed by atoms with Gasteiger partial charge in [-0.25, -0.2) is 8.42 Å². The molecule has 1 saturated heterocycles. The van der Waals surface area contributed by atoms with Crippen LogP contribution in [0.5, 0.6) is 0 Å². The third-order valence-electron chi connectivity index (χ3n) is 4.53. The van der Waals surface area contributed by atoms with Gasteiger partial charge in [0.25, 0.3) is 10.0 Å². The molecule has 1 N–H and O–H groups in total. The van der Waals surface area contributed by atoms with Gasteiger partial charge in [-0.2, -0.15) is 4.31 Å². The average Bonchev–Trinajstić information content (AvgIpc) is 3.17. The fourth-order valence-electron chi connectivity index (χ4n) is 2.93. The molecule has 1 aromatic carbocycles. The zero-order chi connectivity index (χ0) is 20.1. The van der Waals surface area contributed by atoms with Crippen molar-refractivity contribution < 1.29 is 17.9 Å². The van der Waals surface area contributed by atoms with E-state index in [1.807, 2.05) is 24.3 Å². The smallest absolute Gasteiger partial charge is 0.252 e. The summed E-state index contributed by atoms with van der Waals surface area (Å²) in [5.74, 6) is -0.143. The van der Waals surface area contributed by atoms with Gasteiger partial charge in [0.1, 0.15) is 4.21 Å². The van der Waals surface area contributed by atoms with Crippen LogP contribution in [0.4, 0.5) is 5.69 Å². The van der Waals surface area contributed by atoms with Crippen LogP contribution >= 0.6 is 11.3 Å². The first kappa shape index (κ1) is 20.8. The summed E-state index contributed by atoms with van der Waals surface area (Å²) in [4.78, 5) is 14.1. The predicted molar refractivity (Wildman–Crippen MR) is 110 cm³/mol. The van der Waals surface area contributed by atoms with Gasteiger partial charge in [-0.1, -0.05) is 12.1 Å². The van der Waals surface area contributed by atoms with Crippen molar-refractivity contribution in [3.8, 4) is 0 Å². The molecule has 1 aliphatic heterocycles. The summed E-state index contributed by atoms with van der Waals surface area (Å²) in [5.41, 5.74) is 2.05. The lowest BCUT2D eigenvalue weighted by Gasteiger charge is -2.29. The summed E-state index contributed by atoms with van der Waals surface area (Å²) >= 11 is 1.18. The summed E-state index contributed by atoms with van der Waals surface area (Å²) in [6.45, 7) is 5.26. The normalized spacial score (nSPS) is 15.0.